The molecule has 1 aliphatic heterocycles. The van der Waals surface area contributed by atoms with Crippen molar-refractivity contribution in [2.75, 3.05) is 6.54 Å². The van der Waals surface area contributed by atoms with Crippen molar-refractivity contribution in [2.24, 2.45) is 0 Å². The molecule has 2 rings (SSSR count). The molecule has 0 saturated carbocycles. The minimum Gasteiger partial charge on any atom is -0.288 e. The van der Waals surface area contributed by atoms with E-state index in [0.29, 0.717) is 0 Å². The smallest absolute Gasteiger partial charge is 0.288 e. The normalized spacial score (nSPS) is 17.8. The third-order valence-electron chi connectivity index (χ3n) is 3.58. The maximum Gasteiger partial charge on any atom is 0.409 e. The van der Waals surface area contributed by atoms with E-state index >= 15 is 0 Å². The van der Waals surface area contributed by atoms with Gasteiger partial charge in [0.2, 0.25) is 5.91 Å². The first-order valence-electron chi connectivity index (χ1n) is 7.13. The van der Waals surface area contributed by atoms with Gasteiger partial charge in [0.25, 0.3) is 0 Å². The Bertz CT molecular complexity index is 485. The Labute approximate surface area is 122 Å². The van der Waals surface area contributed by atoms with Gasteiger partial charge in [-0.15, -0.1) is 0 Å². The van der Waals surface area contributed by atoms with Gasteiger partial charge in [0.15, 0.2) is 0 Å². The third kappa shape index (κ3) is 3.97. The molecule has 0 aromatic heterocycles. The van der Waals surface area contributed by atoms with Gasteiger partial charge in [0.05, 0.1) is 0 Å². The number of alkyl halides is 3. The number of carbonyl (C=O) groups excluding carboxylic acids is 1. The Kier molecular flexibility index (Phi) is 4.88. The summed E-state index contributed by atoms with van der Waals surface area (Å²) >= 11 is 0. The van der Waals surface area contributed by atoms with Gasteiger partial charge < -0.3 is 0 Å². The Balaban J connectivity index is 2.19. The highest BCUT2D eigenvalue weighted by Crippen LogP contribution is 2.37. The highest BCUT2D eigenvalue weighted by molar-refractivity contribution is 5.77. The van der Waals surface area contributed by atoms with Crippen molar-refractivity contribution < 1.29 is 18.0 Å². The second kappa shape index (κ2) is 6.47. The number of nitrogens with zero attached hydrogens (tertiary/aromatic N) is 1. The van der Waals surface area contributed by atoms with Crippen LogP contribution in [0.4, 0.5) is 13.2 Å². The second-order valence-electron chi connectivity index (χ2n) is 5.27. The molecule has 0 bridgehead atoms. The largest absolute Gasteiger partial charge is 0.409 e. The lowest BCUT2D eigenvalue weighted by molar-refractivity contribution is -0.191. The van der Waals surface area contributed by atoms with Crippen molar-refractivity contribution in [3.63, 3.8) is 0 Å². The highest BCUT2D eigenvalue weighted by Gasteiger charge is 2.46. The first-order valence-corrected chi connectivity index (χ1v) is 7.13. The van der Waals surface area contributed by atoms with E-state index in [0.717, 1.165) is 29.8 Å². The van der Waals surface area contributed by atoms with Gasteiger partial charge in [-0.1, -0.05) is 37.6 Å². The average Bonchev–Trinajstić information content (AvgIpc) is 2.82. The van der Waals surface area contributed by atoms with Crippen molar-refractivity contribution >= 4 is 5.91 Å². The van der Waals surface area contributed by atoms with Crippen LogP contribution in [0.3, 0.4) is 0 Å². The lowest BCUT2D eigenvalue weighted by Gasteiger charge is -2.29. The topological polar surface area (TPSA) is 32.3 Å². The molecule has 1 atom stereocenters. The number of hydrogen-bond acceptors (Lipinski definition) is 2. The average molecular weight is 300 g/mol. The number of hydrogen-bond donors (Lipinski definition) is 1. The van der Waals surface area contributed by atoms with Gasteiger partial charge in [-0.05, 0) is 24.0 Å². The van der Waals surface area contributed by atoms with Gasteiger partial charge >= 0.3 is 6.18 Å². The molecule has 6 heteroatoms. The van der Waals surface area contributed by atoms with E-state index < -0.39 is 12.2 Å². The van der Waals surface area contributed by atoms with Gasteiger partial charge in [0, 0.05) is 13.0 Å². The molecule has 1 heterocycles. The zero-order chi connectivity index (χ0) is 15.5. The number of rotatable bonds is 5. The van der Waals surface area contributed by atoms with Crippen molar-refractivity contribution in [3.8, 4) is 0 Å². The van der Waals surface area contributed by atoms with Gasteiger partial charge in [-0.3, -0.25) is 10.2 Å². The van der Waals surface area contributed by atoms with Crippen LogP contribution >= 0.6 is 0 Å². The van der Waals surface area contributed by atoms with E-state index in [1.807, 2.05) is 0 Å². The van der Waals surface area contributed by atoms with Gasteiger partial charge in [0.1, 0.15) is 6.04 Å². The summed E-state index contributed by atoms with van der Waals surface area (Å²) in [5.74, 6) is -0.371. The summed E-state index contributed by atoms with van der Waals surface area (Å²) in [4.78, 5) is 11.2. The van der Waals surface area contributed by atoms with E-state index in [9.17, 15) is 18.0 Å². The van der Waals surface area contributed by atoms with Crippen LogP contribution in [0.25, 0.3) is 0 Å². The minimum absolute atomic E-state index is 0.0700. The fourth-order valence-corrected chi connectivity index (χ4v) is 2.48. The molecule has 1 fully saturated rings. The van der Waals surface area contributed by atoms with Crippen LogP contribution in [0.2, 0.25) is 0 Å². The minimum atomic E-state index is -4.43. The standard InChI is InChI=1S/C15H19F3N2O/c1-2-3-4-11-5-7-12(8-6-11)14(15(16,17)18)20-10-9-13(21)19-20/h5-8,14H,2-4,9-10H2,1H3,(H,19,21). The molecule has 3 nitrogen and oxygen atoms in total. The molecule has 0 aliphatic carbocycles. The summed E-state index contributed by atoms with van der Waals surface area (Å²) in [6.45, 7) is 2.14. The fourth-order valence-electron chi connectivity index (χ4n) is 2.48. The quantitative estimate of drug-likeness (QED) is 0.904. The van der Waals surface area contributed by atoms with Crippen LogP contribution in [0.15, 0.2) is 24.3 Å². The predicted molar refractivity (Wildman–Crippen MR) is 73.3 cm³/mol. The maximum absolute atomic E-state index is 13.3. The van der Waals surface area contributed by atoms with Gasteiger partial charge in [-0.2, -0.15) is 13.2 Å². The van der Waals surface area contributed by atoms with Crippen LogP contribution in [-0.4, -0.2) is 23.6 Å². The van der Waals surface area contributed by atoms with E-state index in [-0.39, 0.29) is 24.4 Å². The van der Waals surface area contributed by atoms with E-state index in [4.69, 9.17) is 0 Å². The van der Waals surface area contributed by atoms with Crippen LogP contribution in [0.1, 0.15) is 43.4 Å². The number of aryl methyl sites for hydroxylation is 1. The Morgan fingerprint density at radius 2 is 1.95 bits per heavy atom. The molecule has 0 spiro atoms. The van der Waals surface area contributed by atoms with E-state index in [1.165, 1.54) is 12.1 Å². The number of halogens is 3. The summed E-state index contributed by atoms with van der Waals surface area (Å²) in [6.07, 6.45) is -1.39. The summed E-state index contributed by atoms with van der Waals surface area (Å²) in [5.41, 5.74) is 3.47. The lowest BCUT2D eigenvalue weighted by atomic mass is 10.0. The number of hydrazine groups is 1. The second-order valence-corrected chi connectivity index (χ2v) is 5.27. The summed E-state index contributed by atoms with van der Waals surface area (Å²) in [6, 6.07) is 4.70. The third-order valence-corrected chi connectivity index (χ3v) is 3.58. The zero-order valence-corrected chi connectivity index (χ0v) is 11.9. The zero-order valence-electron chi connectivity index (χ0n) is 11.9. The SMILES string of the molecule is CCCCc1ccc(C(N2CCC(=O)N2)C(F)(F)F)cc1. The number of benzene rings is 1. The molecule has 1 aromatic rings. The van der Waals surface area contributed by atoms with Crippen LogP contribution in [0.5, 0.6) is 0 Å². The monoisotopic (exact) mass is 300 g/mol. The summed E-state index contributed by atoms with van der Waals surface area (Å²) in [7, 11) is 0. The Hall–Kier alpha value is -1.56. The van der Waals surface area contributed by atoms with Crippen LogP contribution in [-0.2, 0) is 11.2 Å². The molecule has 1 amide bonds. The molecule has 1 unspecified atom stereocenters. The Morgan fingerprint density at radius 3 is 2.43 bits per heavy atom. The molecular formula is C15H19F3N2O. The Morgan fingerprint density at radius 1 is 1.29 bits per heavy atom. The maximum atomic E-state index is 13.3. The summed E-state index contributed by atoms with van der Waals surface area (Å²) in [5, 5.41) is 0.976. The highest BCUT2D eigenvalue weighted by atomic mass is 19.4. The van der Waals surface area contributed by atoms with E-state index in [2.05, 4.69) is 12.3 Å². The molecule has 1 aromatic carbocycles. The number of unbranched alkanes of at least 4 members (excludes halogenated alkanes) is 1. The fraction of sp³-hybridized carbons (Fsp3) is 0.533. The first-order chi connectivity index (χ1) is 9.91. The van der Waals surface area contributed by atoms with Gasteiger partial charge in [-0.25, -0.2) is 5.01 Å². The molecular weight excluding hydrogens is 281 g/mol. The van der Waals surface area contributed by atoms with Crippen molar-refractivity contribution in [3.05, 3.63) is 35.4 Å². The van der Waals surface area contributed by atoms with Crippen LogP contribution in [0, 0.1) is 0 Å². The number of carbonyl (C=O) groups is 1. The van der Waals surface area contributed by atoms with Crippen molar-refractivity contribution in [2.45, 2.75) is 44.8 Å². The lowest BCUT2D eigenvalue weighted by Crippen LogP contribution is -2.43. The molecule has 116 valence electrons. The molecule has 1 N–H and O–H groups in total. The molecule has 1 saturated heterocycles. The van der Waals surface area contributed by atoms with Crippen molar-refractivity contribution in [1.82, 2.24) is 10.4 Å². The molecule has 1 aliphatic rings. The van der Waals surface area contributed by atoms with Crippen molar-refractivity contribution in [1.29, 1.82) is 0 Å². The molecule has 21 heavy (non-hydrogen) atoms. The predicted octanol–water partition coefficient (Wildman–Crippen LogP) is 3.37. The summed E-state index contributed by atoms with van der Waals surface area (Å²) < 4.78 is 39.9. The van der Waals surface area contributed by atoms with E-state index in [1.54, 1.807) is 12.1 Å². The number of amides is 1. The number of nitrogens with one attached hydrogen (secondary N) is 1. The molecule has 0 radical (unpaired) electrons. The van der Waals surface area contributed by atoms with Crippen LogP contribution < -0.4 is 5.43 Å². The first kappa shape index (κ1) is 15.8.